The summed E-state index contributed by atoms with van der Waals surface area (Å²) < 4.78 is 45.3. The monoisotopic (exact) mass is 359 g/mol. The van der Waals surface area contributed by atoms with Gasteiger partial charge in [-0.1, -0.05) is 0 Å². The average Bonchev–Trinajstić information content (AvgIpc) is 2.96. The minimum absolute atomic E-state index is 0.0893. The highest BCUT2D eigenvalue weighted by molar-refractivity contribution is 7.89. The summed E-state index contributed by atoms with van der Waals surface area (Å²) in [6, 6.07) is 7.01. The molecule has 126 valence electrons. The molecule has 0 aliphatic carbocycles. The number of benzene rings is 1. The van der Waals surface area contributed by atoms with Crippen molar-refractivity contribution in [3.63, 3.8) is 0 Å². The Morgan fingerprint density at radius 3 is 2.70 bits per heavy atom. The molecule has 0 unspecified atom stereocenters. The first-order valence-corrected chi connectivity index (χ1v) is 9.23. The molecular weight excluding hydrogens is 341 g/mol. The van der Waals surface area contributed by atoms with Gasteiger partial charge in [0.05, 0.1) is 13.2 Å². The first kappa shape index (κ1) is 17.9. The van der Waals surface area contributed by atoms with Crippen LogP contribution in [0.15, 0.2) is 35.2 Å². The minimum atomic E-state index is -3.86. The van der Waals surface area contributed by atoms with Gasteiger partial charge in [-0.3, -0.25) is 0 Å². The molecule has 0 radical (unpaired) electrons. The third-order valence-corrected chi connectivity index (χ3v) is 5.97. The molecule has 1 aromatic heterocycles. The largest absolute Gasteiger partial charge is 0.495 e. The van der Waals surface area contributed by atoms with Gasteiger partial charge >= 0.3 is 0 Å². The molecule has 2 N–H and O–H groups in total. The van der Waals surface area contributed by atoms with Gasteiger partial charge in [0.2, 0.25) is 10.0 Å². The van der Waals surface area contributed by atoms with Crippen molar-refractivity contribution in [2.45, 2.75) is 24.3 Å². The summed E-state index contributed by atoms with van der Waals surface area (Å²) in [7, 11) is -2.54. The van der Waals surface area contributed by atoms with Crippen LogP contribution in [0.1, 0.15) is 22.8 Å². The van der Waals surface area contributed by atoms with Crippen LogP contribution in [0, 0.1) is 5.82 Å². The summed E-state index contributed by atoms with van der Waals surface area (Å²) in [6.07, 6.45) is -0.0594. The number of nitrogens with one attached hydrogen (secondary N) is 1. The van der Waals surface area contributed by atoms with Crippen LogP contribution in [0.5, 0.6) is 5.75 Å². The fourth-order valence-corrected chi connectivity index (χ4v) is 4.16. The molecule has 1 aromatic carbocycles. The van der Waals surface area contributed by atoms with Gasteiger partial charge in [-0.2, -0.15) is 0 Å². The van der Waals surface area contributed by atoms with Crippen LogP contribution in [0.3, 0.4) is 0 Å². The molecule has 8 heteroatoms. The van der Waals surface area contributed by atoms with Crippen molar-refractivity contribution in [1.82, 2.24) is 4.72 Å². The normalized spacial score (nSPS) is 13.0. The van der Waals surface area contributed by atoms with Crippen molar-refractivity contribution in [2.24, 2.45) is 0 Å². The fourth-order valence-electron chi connectivity index (χ4n) is 2.00. The maximum Gasteiger partial charge on any atom is 0.244 e. The number of methoxy groups -OCH3 is 1. The summed E-state index contributed by atoms with van der Waals surface area (Å²) in [5.74, 6) is -0.558. The van der Waals surface area contributed by atoms with E-state index in [0.717, 1.165) is 21.9 Å². The molecule has 0 amide bonds. The highest BCUT2D eigenvalue weighted by Crippen LogP contribution is 2.25. The molecule has 1 heterocycles. The van der Waals surface area contributed by atoms with Crippen LogP contribution in [0.25, 0.3) is 0 Å². The zero-order valence-electron chi connectivity index (χ0n) is 12.7. The quantitative estimate of drug-likeness (QED) is 0.796. The number of hydrogen-bond donors (Lipinski definition) is 2. The van der Waals surface area contributed by atoms with E-state index in [2.05, 4.69) is 4.72 Å². The molecular formula is C15H18FNO4S2. The molecule has 2 rings (SSSR count). The molecule has 0 saturated carbocycles. The molecule has 0 spiro atoms. The van der Waals surface area contributed by atoms with Gasteiger partial charge in [0.1, 0.15) is 16.5 Å². The Morgan fingerprint density at radius 2 is 2.09 bits per heavy atom. The minimum Gasteiger partial charge on any atom is -0.495 e. The Kier molecular flexibility index (Phi) is 5.74. The predicted molar refractivity (Wildman–Crippen MR) is 86.8 cm³/mol. The third kappa shape index (κ3) is 4.51. The van der Waals surface area contributed by atoms with Crippen LogP contribution >= 0.6 is 11.3 Å². The number of rotatable bonds is 7. The second kappa shape index (κ2) is 7.39. The topological polar surface area (TPSA) is 75.6 Å². The van der Waals surface area contributed by atoms with E-state index in [9.17, 15) is 17.9 Å². The van der Waals surface area contributed by atoms with Crippen LogP contribution < -0.4 is 9.46 Å². The number of aliphatic hydroxyl groups excluding tert-OH is 1. The van der Waals surface area contributed by atoms with Crippen molar-refractivity contribution in [3.8, 4) is 5.75 Å². The van der Waals surface area contributed by atoms with Crippen molar-refractivity contribution < 1.29 is 22.7 Å². The van der Waals surface area contributed by atoms with Crippen molar-refractivity contribution in [2.75, 3.05) is 13.7 Å². The highest BCUT2D eigenvalue weighted by atomic mass is 32.2. The van der Waals surface area contributed by atoms with E-state index >= 15 is 0 Å². The first-order chi connectivity index (χ1) is 10.8. The maximum absolute atomic E-state index is 13.3. The summed E-state index contributed by atoms with van der Waals surface area (Å²) in [5.41, 5.74) is 0. The molecule has 0 aliphatic heterocycles. The van der Waals surface area contributed by atoms with Gasteiger partial charge in [-0.05, 0) is 43.7 Å². The predicted octanol–water partition coefficient (Wildman–Crippen LogP) is 2.47. The summed E-state index contributed by atoms with van der Waals surface area (Å²) in [6.45, 7) is 1.84. The molecule has 2 aromatic rings. The third-order valence-electron chi connectivity index (χ3n) is 3.17. The Hall–Kier alpha value is -1.48. The van der Waals surface area contributed by atoms with E-state index in [1.807, 2.05) is 12.1 Å². The lowest BCUT2D eigenvalue weighted by Gasteiger charge is -2.10. The van der Waals surface area contributed by atoms with Gasteiger partial charge in [0.15, 0.2) is 0 Å². The Balaban J connectivity index is 2.05. The van der Waals surface area contributed by atoms with Crippen LogP contribution in [-0.4, -0.2) is 27.2 Å². The van der Waals surface area contributed by atoms with Crippen molar-refractivity contribution in [3.05, 3.63) is 45.9 Å². The van der Waals surface area contributed by atoms with E-state index in [0.29, 0.717) is 6.42 Å². The lowest BCUT2D eigenvalue weighted by Crippen LogP contribution is -2.26. The van der Waals surface area contributed by atoms with E-state index in [1.54, 1.807) is 6.92 Å². The molecule has 5 nitrogen and oxygen atoms in total. The Morgan fingerprint density at radius 1 is 1.35 bits per heavy atom. The van der Waals surface area contributed by atoms with Crippen molar-refractivity contribution >= 4 is 21.4 Å². The summed E-state index contributed by atoms with van der Waals surface area (Å²) >= 11 is 1.43. The lowest BCUT2D eigenvalue weighted by atomic mass is 10.3. The van der Waals surface area contributed by atoms with Crippen LogP contribution in [0.2, 0.25) is 0 Å². The van der Waals surface area contributed by atoms with E-state index < -0.39 is 21.9 Å². The Bertz CT molecular complexity index is 772. The van der Waals surface area contributed by atoms with Gasteiger partial charge in [-0.15, -0.1) is 11.3 Å². The zero-order chi connectivity index (χ0) is 17.0. The van der Waals surface area contributed by atoms with Gasteiger partial charge < -0.3 is 9.84 Å². The number of hydrogen-bond acceptors (Lipinski definition) is 5. The first-order valence-electron chi connectivity index (χ1n) is 6.93. The Labute approximate surface area is 138 Å². The van der Waals surface area contributed by atoms with E-state index in [1.165, 1.54) is 24.5 Å². The summed E-state index contributed by atoms with van der Waals surface area (Å²) in [4.78, 5) is 1.56. The van der Waals surface area contributed by atoms with Gasteiger partial charge in [0, 0.05) is 16.3 Å². The fraction of sp³-hybridized carbons (Fsp3) is 0.333. The number of ether oxygens (including phenoxy) is 1. The number of thiophene rings is 1. The standard InChI is InChI=1S/C15H18FNO4S2/c1-10(18)14-6-4-12(22-14)7-8-17-23(19,20)15-9-11(16)3-5-13(15)21-2/h3-6,9-10,17-18H,7-8H2,1-2H3/t10-/m1/s1. The van der Waals surface area contributed by atoms with Gasteiger partial charge in [0.25, 0.3) is 0 Å². The second-order valence-corrected chi connectivity index (χ2v) is 7.86. The number of sulfonamides is 1. The molecule has 0 aliphatic rings. The highest BCUT2D eigenvalue weighted by Gasteiger charge is 2.20. The van der Waals surface area contributed by atoms with E-state index in [4.69, 9.17) is 4.74 Å². The molecule has 0 fully saturated rings. The molecule has 0 bridgehead atoms. The molecule has 1 atom stereocenters. The lowest BCUT2D eigenvalue weighted by molar-refractivity contribution is 0.203. The average molecular weight is 359 g/mol. The number of aliphatic hydroxyl groups is 1. The van der Waals surface area contributed by atoms with Crippen LogP contribution in [0.4, 0.5) is 4.39 Å². The van der Waals surface area contributed by atoms with Crippen LogP contribution in [-0.2, 0) is 16.4 Å². The SMILES string of the molecule is COc1ccc(F)cc1S(=O)(=O)NCCc1ccc([C@@H](C)O)s1. The van der Waals surface area contributed by atoms with Gasteiger partial charge in [-0.25, -0.2) is 17.5 Å². The van der Waals surface area contributed by atoms with Crippen molar-refractivity contribution in [1.29, 1.82) is 0 Å². The second-order valence-electron chi connectivity index (χ2n) is 4.92. The number of halogens is 1. The maximum atomic E-state index is 13.3. The molecule has 0 saturated heterocycles. The van der Waals surface area contributed by atoms with E-state index in [-0.39, 0.29) is 17.2 Å². The molecule has 23 heavy (non-hydrogen) atoms. The zero-order valence-corrected chi connectivity index (χ0v) is 14.4. The summed E-state index contributed by atoms with van der Waals surface area (Å²) in [5, 5.41) is 9.47. The smallest absolute Gasteiger partial charge is 0.244 e.